The zero-order valence-electron chi connectivity index (χ0n) is 8.72. The van der Waals surface area contributed by atoms with Crippen LogP contribution in [0.25, 0.3) is 10.8 Å². The first-order valence-electron chi connectivity index (χ1n) is 5.04. The van der Waals surface area contributed by atoms with Crippen LogP contribution < -0.4 is 0 Å². The topological polar surface area (TPSA) is 12.4 Å². The Labute approximate surface area is 89.8 Å². The SMILES string of the molecule is CC=CN=Cc1cccc2ccccc12. The third kappa shape index (κ3) is 2.13. The van der Waals surface area contributed by atoms with Gasteiger partial charge in [0.2, 0.25) is 0 Å². The summed E-state index contributed by atoms with van der Waals surface area (Å²) >= 11 is 0. The van der Waals surface area contributed by atoms with E-state index in [0.717, 1.165) is 5.56 Å². The van der Waals surface area contributed by atoms with E-state index in [0.29, 0.717) is 0 Å². The molecule has 0 bridgehead atoms. The van der Waals surface area contributed by atoms with Crippen molar-refractivity contribution in [1.29, 1.82) is 0 Å². The second-order valence-electron chi connectivity index (χ2n) is 3.33. The Morgan fingerprint density at radius 3 is 2.67 bits per heavy atom. The Bertz CT molecular complexity index is 504. The summed E-state index contributed by atoms with van der Waals surface area (Å²) in [5.41, 5.74) is 1.16. The van der Waals surface area contributed by atoms with Gasteiger partial charge in [-0.3, -0.25) is 4.99 Å². The van der Waals surface area contributed by atoms with E-state index in [1.165, 1.54) is 10.8 Å². The Balaban J connectivity index is 2.51. The summed E-state index contributed by atoms with van der Waals surface area (Å²) in [6, 6.07) is 14.6. The first-order valence-corrected chi connectivity index (χ1v) is 5.04. The third-order valence-electron chi connectivity index (χ3n) is 2.27. The summed E-state index contributed by atoms with van der Waals surface area (Å²) in [6.07, 6.45) is 5.60. The monoisotopic (exact) mass is 195 g/mol. The lowest BCUT2D eigenvalue weighted by molar-refractivity contribution is 1.54. The summed E-state index contributed by atoms with van der Waals surface area (Å²) in [5.74, 6) is 0. The van der Waals surface area contributed by atoms with Crippen molar-refractivity contribution in [2.24, 2.45) is 4.99 Å². The van der Waals surface area contributed by atoms with Crippen LogP contribution in [0.2, 0.25) is 0 Å². The van der Waals surface area contributed by atoms with E-state index in [9.17, 15) is 0 Å². The Hall–Kier alpha value is -1.89. The molecular weight excluding hydrogens is 182 g/mol. The number of hydrogen-bond donors (Lipinski definition) is 0. The van der Waals surface area contributed by atoms with Crippen molar-refractivity contribution in [2.45, 2.75) is 6.92 Å². The molecule has 0 aliphatic carbocycles. The zero-order valence-corrected chi connectivity index (χ0v) is 8.72. The quantitative estimate of drug-likeness (QED) is 0.646. The first-order chi connectivity index (χ1) is 7.42. The molecule has 0 N–H and O–H groups in total. The van der Waals surface area contributed by atoms with Gasteiger partial charge in [0, 0.05) is 18.0 Å². The third-order valence-corrected chi connectivity index (χ3v) is 2.27. The summed E-state index contributed by atoms with van der Waals surface area (Å²) < 4.78 is 0. The molecule has 0 unspecified atom stereocenters. The molecule has 15 heavy (non-hydrogen) atoms. The predicted octanol–water partition coefficient (Wildman–Crippen LogP) is 3.79. The summed E-state index contributed by atoms with van der Waals surface area (Å²) in [4.78, 5) is 4.20. The van der Waals surface area contributed by atoms with Crippen LogP contribution in [0.5, 0.6) is 0 Å². The summed E-state index contributed by atoms with van der Waals surface area (Å²) in [7, 11) is 0. The second kappa shape index (κ2) is 4.56. The molecule has 0 aromatic heterocycles. The van der Waals surface area contributed by atoms with Crippen LogP contribution in [0.3, 0.4) is 0 Å². The minimum Gasteiger partial charge on any atom is -0.264 e. The highest BCUT2D eigenvalue weighted by Crippen LogP contribution is 2.16. The standard InChI is InChI=1S/C14H13N/c1-2-10-15-11-13-8-5-7-12-6-3-4-9-14(12)13/h2-11H,1H3. The molecule has 0 heterocycles. The number of benzene rings is 2. The molecule has 0 fully saturated rings. The lowest BCUT2D eigenvalue weighted by atomic mass is 10.1. The van der Waals surface area contributed by atoms with Crippen molar-refractivity contribution in [3.63, 3.8) is 0 Å². The van der Waals surface area contributed by atoms with Crippen LogP contribution in [0.4, 0.5) is 0 Å². The fourth-order valence-corrected chi connectivity index (χ4v) is 1.57. The van der Waals surface area contributed by atoms with E-state index in [1.807, 2.05) is 19.2 Å². The molecule has 1 nitrogen and oxygen atoms in total. The van der Waals surface area contributed by atoms with Crippen molar-refractivity contribution < 1.29 is 0 Å². The molecule has 0 aliphatic rings. The molecule has 0 amide bonds. The lowest BCUT2D eigenvalue weighted by Crippen LogP contribution is -1.82. The van der Waals surface area contributed by atoms with E-state index >= 15 is 0 Å². The van der Waals surface area contributed by atoms with Gasteiger partial charge in [-0.05, 0) is 17.7 Å². The summed E-state index contributed by atoms with van der Waals surface area (Å²) in [6.45, 7) is 1.96. The molecule has 2 rings (SSSR count). The van der Waals surface area contributed by atoms with Gasteiger partial charge in [-0.25, -0.2) is 0 Å². The average Bonchev–Trinajstić information content (AvgIpc) is 2.30. The number of allylic oxidation sites excluding steroid dienone is 1. The minimum atomic E-state index is 1.16. The molecule has 2 aromatic rings. The highest BCUT2D eigenvalue weighted by molar-refractivity contribution is 5.99. The first kappa shape index (κ1) is 9.66. The number of nitrogens with zero attached hydrogens (tertiary/aromatic N) is 1. The van der Waals surface area contributed by atoms with Crippen LogP contribution in [0.1, 0.15) is 12.5 Å². The maximum absolute atomic E-state index is 4.20. The molecule has 0 spiro atoms. The number of hydrogen-bond acceptors (Lipinski definition) is 1. The molecule has 0 aliphatic heterocycles. The van der Waals surface area contributed by atoms with Crippen molar-refractivity contribution in [3.8, 4) is 0 Å². The highest BCUT2D eigenvalue weighted by atomic mass is 14.7. The van der Waals surface area contributed by atoms with Crippen LogP contribution in [0, 0.1) is 0 Å². The van der Waals surface area contributed by atoms with Gasteiger partial charge < -0.3 is 0 Å². The Kier molecular flexibility index (Phi) is 2.93. The number of fused-ring (bicyclic) bond motifs is 1. The van der Waals surface area contributed by atoms with E-state index in [-0.39, 0.29) is 0 Å². The zero-order chi connectivity index (χ0) is 10.5. The van der Waals surface area contributed by atoms with E-state index in [4.69, 9.17) is 0 Å². The van der Waals surface area contributed by atoms with E-state index < -0.39 is 0 Å². The molecule has 0 atom stereocenters. The maximum atomic E-state index is 4.20. The van der Waals surface area contributed by atoms with Gasteiger partial charge in [-0.1, -0.05) is 48.5 Å². The van der Waals surface area contributed by atoms with Gasteiger partial charge in [-0.15, -0.1) is 0 Å². The molecular formula is C14H13N. The molecule has 0 radical (unpaired) electrons. The van der Waals surface area contributed by atoms with Gasteiger partial charge in [0.15, 0.2) is 0 Å². The molecule has 2 aromatic carbocycles. The van der Waals surface area contributed by atoms with Crippen molar-refractivity contribution in [3.05, 3.63) is 60.3 Å². The normalized spacial score (nSPS) is 11.8. The molecule has 74 valence electrons. The fourth-order valence-electron chi connectivity index (χ4n) is 1.57. The predicted molar refractivity (Wildman–Crippen MR) is 66.4 cm³/mol. The van der Waals surface area contributed by atoms with Crippen LogP contribution in [-0.2, 0) is 0 Å². The fraction of sp³-hybridized carbons (Fsp3) is 0.0714. The van der Waals surface area contributed by atoms with Gasteiger partial charge in [-0.2, -0.15) is 0 Å². The highest BCUT2D eigenvalue weighted by Gasteiger charge is 1.95. The van der Waals surface area contributed by atoms with Crippen molar-refractivity contribution >= 4 is 17.0 Å². The van der Waals surface area contributed by atoms with Crippen LogP contribution in [-0.4, -0.2) is 6.21 Å². The second-order valence-corrected chi connectivity index (χ2v) is 3.33. The van der Waals surface area contributed by atoms with Gasteiger partial charge in [0.1, 0.15) is 0 Å². The number of rotatable bonds is 2. The Morgan fingerprint density at radius 2 is 1.80 bits per heavy atom. The maximum Gasteiger partial charge on any atom is 0.0346 e. The summed E-state index contributed by atoms with van der Waals surface area (Å²) in [5, 5.41) is 2.50. The van der Waals surface area contributed by atoms with Crippen LogP contribution in [0.15, 0.2) is 59.7 Å². The minimum absolute atomic E-state index is 1.16. The van der Waals surface area contributed by atoms with Crippen molar-refractivity contribution in [1.82, 2.24) is 0 Å². The Morgan fingerprint density at radius 1 is 1.00 bits per heavy atom. The number of aliphatic imine (C=N–C) groups is 1. The van der Waals surface area contributed by atoms with Gasteiger partial charge >= 0.3 is 0 Å². The van der Waals surface area contributed by atoms with E-state index in [1.54, 1.807) is 6.20 Å². The molecule has 1 heteroatoms. The molecule has 0 saturated heterocycles. The van der Waals surface area contributed by atoms with Crippen molar-refractivity contribution in [2.75, 3.05) is 0 Å². The molecule has 0 saturated carbocycles. The van der Waals surface area contributed by atoms with Crippen LogP contribution >= 0.6 is 0 Å². The van der Waals surface area contributed by atoms with Gasteiger partial charge in [0.25, 0.3) is 0 Å². The average molecular weight is 195 g/mol. The smallest absolute Gasteiger partial charge is 0.0346 e. The largest absolute Gasteiger partial charge is 0.264 e. The van der Waals surface area contributed by atoms with Gasteiger partial charge in [0.05, 0.1) is 0 Å². The van der Waals surface area contributed by atoms with E-state index in [2.05, 4.69) is 47.5 Å². The lowest BCUT2D eigenvalue weighted by Gasteiger charge is -2.00.